The molecule has 3 aromatic rings. The number of amides is 1. The highest BCUT2D eigenvalue weighted by molar-refractivity contribution is 5.94. The molecule has 0 bridgehead atoms. The Labute approximate surface area is 131 Å². The lowest BCUT2D eigenvalue weighted by Gasteiger charge is -2.05. The van der Waals surface area contributed by atoms with Crippen LogP contribution in [-0.4, -0.2) is 30.6 Å². The zero-order chi connectivity index (χ0) is 15.6. The molecule has 1 N–H and O–H groups in total. The van der Waals surface area contributed by atoms with Gasteiger partial charge in [-0.2, -0.15) is 4.98 Å². The van der Waals surface area contributed by atoms with E-state index in [0.29, 0.717) is 23.2 Å². The Balaban J connectivity index is 1.43. The maximum absolute atomic E-state index is 12.2. The summed E-state index contributed by atoms with van der Waals surface area (Å²) in [6.07, 6.45) is 8.85. The second kappa shape index (κ2) is 5.64. The molecule has 0 radical (unpaired) electrons. The molecule has 0 atom stereocenters. The standard InChI is InChI=1S/C15H14N6O2/c22-15(18-8-13-19-14(20-23-13)10-1-2-10)11-3-4-17-12(7-11)21-6-5-16-9-21/h3-7,9-10H,1-2,8H2,(H,18,22). The Hall–Kier alpha value is -3.03. The Morgan fingerprint density at radius 2 is 2.30 bits per heavy atom. The second-order valence-corrected chi connectivity index (χ2v) is 5.38. The van der Waals surface area contributed by atoms with E-state index in [9.17, 15) is 4.79 Å². The van der Waals surface area contributed by atoms with Gasteiger partial charge in [-0.25, -0.2) is 9.97 Å². The number of hydrogen-bond acceptors (Lipinski definition) is 6. The number of rotatable bonds is 5. The van der Waals surface area contributed by atoms with E-state index >= 15 is 0 Å². The maximum Gasteiger partial charge on any atom is 0.251 e. The monoisotopic (exact) mass is 310 g/mol. The van der Waals surface area contributed by atoms with Crippen molar-refractivity contribution >= 4 is 5.91 Å². The lowest BCUT2D eigenvalue weighted by atomic mass is 10.2. The van der Waals surface area contributed by atoms with Gasteiger partial charge in [0.05, 0.1) is 6.54 Å². The fraction of sp³-hybridized carbons (Fsp3) is 0.267. The van der Waals surface area contributed by atoms with Crippen molar-refractivity contribution in [2.75, 3.05) is 0 Å². The number of aromatic nitrogens is 5. The molecule has 1 amide bonds. The number of nitrogens with zero attached hydrogens (tertiary/aromatic N) is 5. The summed E-state index contributed by atoms with van der Waals surface area (Å²) in [6, 6.07) is 3.35. The van der Waals surface area contributed by atoms with Crippen LogP contribution in [-0.2, 0) is 6.54 Å². The highest BCUT2D eigenvalue weighted by Crippen LogP contribution is 2.38. The quantitative estimate of drug-likeness (QED) is 0.766. The molecule has 3 heterocycles. The van der Waals surface area contributed by atoms with Crippen LogP contribution in [0.4, 0.5) is 0 Å². The molecule has 1 aliphatic carbocycles. The number of carbonyl (C=O) groups excluding carboxylic acids is 1. The van der Waals surface area contributed by atoms with Crippen molar-refractivity contribution in [3.63, 3.8) is 0 Å². The minimum absolute atomic E-state index is 0.210. The molecule has 0 saturated heterocycles. The van der Waals surface area contributed by atoms with Gasteiger partial charge in [0.25, 0.3) is 5.91 Å². The van der Waals surface area contributed by atoms with Crippen LogP contribution in [0.25, 0.3) is 5.82 Å². The molecule has 3 aromatic heterocycles. The topological polar surface area (TPSA) is 98.7 Å². The van der Waals surface area contributed by atoms with Crippen molar-refractivity contribution in [1.82, 2.24) is 30.0 Å². The third kappa shape index (κ3) is 2.96. The fourth-order valence-electron chi connectivity index (χ4n) is 2.20. The summed E-state index contributed by atoms with van der Waals surface area (Å²) < 4.78 is 6.87. The van der Waals surface area contributed by atoms with Crippen molar-refractivity contribution in [3.05, 3.63) is 54.3 Å². The number of carbonyl (C=O) groups is 1. The van der Waals surface area contributed by atoms with Crippen LogP contribution >= 0.6 is 0 Å². The van der Waals surface area contributed by atoms with Crippen LogP contribution in [0.2, 0.25) is 0 Å². The van der Waals surface area contributed by atoms with E-state index in [2.05, 4.69) is 25.4 Å². The van der Waals surface area contributed by atoms with Crippen LogP contribution < -0.4 is 5.32 Å². The van der Waals surface area contributed by atoms with Crippen LogP contribution in [0.5, 0.6) is 0 Å². The predicted molar refractivity (Wildman–Crippen MR) is 78.8 cm³/mol. The number of nitrogens with one attached hydrogen (secondary N) is 1. The molecule has 0 unspecified atom stereocenters. The maximum atomic E-state index is 12.2. The van der Waals surface area contributed by atoms with Crippen LogP contribution in [0.3, 0.4) is 0 Å². The first-order chi connectivity index (χ1) is 11.3. The van der Waals surface area contributed by atoms with E-state index in [4.69, 9.17) is 4.52 Å². The van der Waals surface area contributed by atoms with Crippen molar-refractivity contribution in [1.29, 1.82) is 0 Å². The van der Waals surface area contributed by atoms with E-state index < -0.39 is 0 Å². The molecule has 8 heteroatoms. The minimum atomic E-state index is -0.222. The Morgan fingerprint density at radius 3 is 3.09 bits per heavy atom. The molecular weight excluding hydrogens is 296 g/mol. The van der Waals surface area contributed by atoms with Crippen LogP contribution in [0.1, 0.15) is 40.8 Å². The first-order valence-electron chi connectivity index (χ1n) is 7.34. The normalized spacial score (nSPS) is 13.9. The molecule has 1 aliphatic rings. The van der Waals surface area contributed by atoms with Gasteiger partial charge >= 0.3 is 0 Å². The van der Waals surface area contributed by atoms with Gasteiger partial charge in [-0.05, 0) is 25.0 Å². The summed E-state index contributed by atoms with van der Waals surface area (Å²) in [6.45, 7) is 0.210. The van der Waals surface area contributed by atoms with E-state index in [-0.39, 0.29) is 12.5 Å². The lowest BCUT2D eigenvalue weighted by molar-refractivity contribution is 0.0946. The fourth-order valence-corrected chi connectivity index (χ4v) is 2.20. The molecule has 0 spiro atoms. The molecule has 8 nitrogen and oxygen atoms in total. The first kappa shape index (κ1) is 13.6. The molecule has 0 aromatic carbocycles. The van der Waals surface area contributed by atoms with E-state index in [1.807, 2.05) is 0 Å². The highest BCUT2D eigenvalue weighted by atomic mass is 16.5. The van der Waals surface area contributed by atoms with Gasteiger partial charge in [-0.1, -0.05) is 5.16 Å². The SMILES string of the molecule is O=C(NCc1nc(C2CC2)no1)c1ccnc(-n2ccnc2)c1. The van der Waals surface area contributed by atoms with Crippen LogP contribution in [0, 0.1) is 0 Å². The Morgan fingerprint density at radius 1 is 1.39 bits per heavy atom. The van der Waals surface area contributed by atoms with Gasteiger partial charge in [0, 0.05) is 30.1 Å². The molecule has 1 saturated carbocycles. The molecule has 116 valence electrons. The summed E-state index contributed by atoms with van der Waals surface area (Å²) in [5.41, 5.74) is 0.505. The molecule has 0 aliphatic heterocycles. The smallest absolute Gasteiger partial charge is 0.251 e. The first-order valence-corrected chi connectivity index (χ1v) is 7.34. The molecule has 4 rings (SSSR count). The van der Waals surface area contributed by atoms with Gasteiger partial charge in [-0.15, -0.1) is 0 Å². The molecule has 23 heavy (non-hydrogen) atoms. The van der Waals surface area contributed by atoms with E-state index in [1.165, 1.54) is 0 Å². The van der Waals surface area contributed by atoms with Crippen molar-refractivity contribution < 1.29 is 9.32 Å². The molecule has 1 fully saturated rings. The average Bonchev–Trinajstić information content (AvgIpc) is 3.11. The number of pyridine rings is 1. The van der Waals surface area contributed by atoms with E-state index in [0.717, 1.165) is 18.7 Å². The van der Waals surface area contributed by atoms with Crippen molar-refractivity contribution in [3.8, 4) is 5.82 Å². The Bertz CT molecular complexity index is 822. The Kier molecular flexibility index (Phi) is 3.34. The summed E-state index contributed by atoms with van der Waals surface area (Å²) in [5, 5.41) is 6.69. The minimum Gasteiger partial charge on any atom is -0.343 e. The second-order valence-electron chi connectivity index (χ2n) is 5.38. The van der Waals surface area contributed by atoms with Gasteiger partial charge in [0.1, 0.15) is 12.1 Å². The van der Waals surface area contributed by atoms with E-state index in [1.54, 1.807) is 41.6 Å². The summed E-state index contributed by atoms with van der Waals surface area (Å²) in [4.78, 5) is 24.7. The highest BCUT2D eigenvalue weighted by Gasteiger charge is 2.28. The van der Waals surface area contributed by atoms with Crippen molar-refractivity contribution in [2.45, 2.75) is 25.3 Å². The van der Waals surface area contributed by atoms with Crippen LogP contribution in [0.15, 0.2) is 41.6 Å². The zero-order valence-corrected chi connectivity index (χ0v) is 12.2. The van der Waals surface area contributed by atoms with Gasteiger partial charge < -0.3 is 9.84 Å². The van der Waals surface area contributed by atoms with Gasteiger partial charge in [-0.3, -0.25) is 9.36 Å². The average molecular weight is 310 g/mol. The summed E-state index contributed by atoms with van der Waals surface area (Å²) in [5.74, 6) is 2.00. The van der Waals surface area contributed by atoms with Gasteiger partial charge in [0.15, 0.2) is 5.82 Å². The van der Waals surface area contributed by atoms with Gasteiger partial charge in [0.2, 0.25) is 5.89 Å². The number of hydrogen-bond donors (Lipinski definition) is 1. The summed E-state index contributed by atoms with van der Waals surface area (Å²) >= 11 is 0. The largest absolute Gasteiger partial charge is 0.343 e. The third-order valence-corrected chi connectivity index (χ3v) is 3.60. The third-order valence-electron chi connectivity index (χ3n) is 3.60. The molecular formula is C15H14N6O2. The predicted octanol–water partition coefficient (Wildman–Crippen LogP) is 1.46. The summed E-state index contributed by atoms with van der Waals surface area (Å²) in [7, 11) is 0. The van der Waals surface area contributed by atoms with Crippen molar-refractivity contribution in [2.24, 2.45) is 0 Å². The lowest BCUT2D eigenvalue weighted by Crippen LogP contribution is -2.23. The number of imidazole rings is 1. The zero-order valence-electron chi connectivity index (χ0n) is 12.2.